The van der Waals surface area contributed by atoms with E-state index in [1.165, 1.54) is 18.2 Å². The lowest BCUT2D eigenvalue weighted by Crippen LogP contribution is -2.37. The summed E-state index contributed by atoms with van der Waals surface area (Å²) in [6, 6.07) is 5.30. The van der Waals surface area contributed by atoms with E-state index in [1.807, 2.05) is 0 Å². The zero-order valence-electron chi connectivity index (χ0n) is 19.8. The minimum absolute atomic E-state index is 0.0321. The van der Waals surface area contributed by atoms with Crippen LogP contribution in [0.15, 0.2) is 35.3 Å². The Bertz CT molecular complexity index is 1150. The first-order chi connectivity index (χ1) is 17.0. The summed E-state index contributed by atoms with van der Waals surface area (Å²) in [5.41, 5.74) is 1.52. The van der Waals surface area contributed by atoms with E-state index in [9.17, 15) is 28.1 Å². The molecular formula is C23H25F3N4O6. The number of nitrogens with one attached hydrogen (secondary N) is 1. The predicted molar refractivity (Wildman–Crippen MR) is 123 cm³/mol. The van der Waals surface area contributed by atoms with Crippen molar-refractivity contribution in [2.45, 2.75) is 25.2 Å². The highest BCUT2D eigenvalue weighted by atomic mass is 19.4. The van der Waals surface area contributed by atoms with Crippen LogP contribution >= 0.6 is 0 Å². The molecule has 2 aromatic carbocycles. The molecule has 0 aliphatic carbocycles. The van der Waals surface area contributed by atoms with Crippen molar-refractivity contribution in [3.8, 4) is 11.5 Å². The van der Waals surface area contributed by atoms with E-state index in [4.69, 9.17) is 14.2 Å². The third-order valence-electron chi connectivity index (χ3n) is 5.16. The van der Waals surface area contributed by atoms with Crippen LogP contribution in [-0.4, -0.2) is 62.6 Å². The molecule has 0 aromatic heterocycles. The number of methoxy groups -OCH3 is 1. The number of carbonyl (C=O) groups is 1. The number of hydrazine groups is 1. The summed E-state index contributed by atoms with van der Waals surface area (Å²) in [4.78, 5) is 26.5. The Morgan fingerprint density at radius 1 is 1.28 bits per heavy atom. The highest BCUT2D eigenvalue weighted by Crippen LogP contribution is 2.34. The molecule has 1 N–H and O–H groups in total. The first-order valence-corrected chi connectivity index (χ1v) is 10.8. The number of hydrogen-bond donors (Lipinski definition) is 1. The Labute approximate surface area is 204 Å². The van der Waals surface area contributed by atoms with Crippen molar-refractivity contribution >= 4 is 17.8 Å². The number of ether oxygens (including phenoxy) is 3. The Morgan fingerprint density at radius 2 is 2.03 bits per heavy atom. The minimum atomic E-state index is -4.77. The predicted octanol–water partition coefficient (Wildman–Crippen LogP) is 3.62. The van der Waals surface area contributed by atoms with Crippen molar-refractivity contribution in [2.24, 2.45) is 4.99 Å². The summed E-state index contributed by atoms with van der Waals surface area (Å²) in [6.45, 7) is 0.599. The molecule has 0 saturated carbocycles. The monoisotopic (exact) mass is 510 g/mol. The van der Waals surface area contributed by atoms with Crippen molar-refractivity contribution < 1.29 is 37.1 Å². The summed E-state index contributed by atoms with van der Waals surface area (Å²) in [7, 11) is 4.74. The fourth-order valence-electron chi connectivity index (χ4n) is 3.51. The number of carbonyl (C=O) groups excluding carboxylic acids is 1. The molecule has 3 rings (SSSR count). The fraction of sp³-hybridized carbons (Fsp3) is 0.391. The van der Waals surface area contributed by atoms with Gasteiger partial charge in [0.25, 0.3) is 5.69 Å². The van der Waals surface area contributed by atoms with E-state index in [-0.39, 0.29) is 29.6 Å². The van der Waals surface area contributed by atoms with Crippen LogP contribution in [0.5, 0.6) is 11.5 Å². The summed E-state index contributed by atoms with van der Waals surface area (Å²) < 4.78 is 56.5. The van der Waals surface area contributed by atoms with Gasteiger partial charge in [-0.3, -0.25) is 19.9 Å². The van der Waals surface area contributed by atoms with Crippen LogP contribution in [0.2, 0.25) is 0 Å². The van der Waals surface area contributed by atoms with Crippen molar-refractivity contribution in [3.05, 3.63) is 62.7 Å². The molecule has 1 atom stereocenters. The first-order valence-electron chi connectivity index (χ1n) is 10.8. The lowest BCUT2D eigenvalue weighted by molar-refractivity contribution is -0.385. The Kier molecular flexibility index (Phi) is 8.48. The maximum absolute atomic E-state index is 13.3. The van der Waals surface area contributed by atoms with Crippen LogP contribution in [0.1, 0.15) is 33.5 Å². The van der Waals surface area contributed by atoms with Gasteiger partial charge in [0.1, 0.15) is 11.9 Å². The van der Waals surface area contributed by atoms with Gasteiger partial charge < -0.3 is 19.6 Å². The second-order valence-corrected chi connectivity index (χ2v) is 8.13. The number of benzene rings is 2. The first kappa shape index (κ1) is 26.9. The topological polar surface area (TPSA) is 116 Å². The molecule has 1 aliphatic heterocycles. The quantitative estimate of drug-likeness (QED) is 0.179. The van der Waals surface area contributed by atoms with Gasteiger partial charge in [-0.1, -0.05) is 0 Å². The molecule has 13 heteroatoms. The van der Waals surface area contributed by atoms with Crippen LogP contribution in [-0.2, 0) is 17.5 Å². The Hall–Kier alpha value is -3.71. The maximum Gasteiger partial charge on any atom is 0.416 e. The summed E-state index contributed by atoms with van der Waals surface area (Å²) >= 11 is 0. The van der Waals surface area contributed by atoms with Crippen LogP contribution in [0.3, 0.4) is 0 Å². The Morgan fingerprint density at radius 3 is 2.58 bits per heavy atom. The molecule has 1 heterocycles. The zero-order chi connectivity index (χ0) is 26.5. The normalized spacial score (nSPS) is 16.2. The summed E-state index contributed by atoms with van der Waals surface area (Å²) in [6.07, 6.45) is -3.74. The molecular weight excluding hydrogens is 485 g/mol. The van der Waals surface area contributed by atoms with Crippen molar-refractivity contribution in [1.29, 1.82) is 0 Å². The molecule has 1 saturated heterocycles. The number of hydrogen-bond acceptors (Lipinski definition) is 8. The van der Waals surface area contributed by atoms with Gasteiger partial charge in [0.05, 0.1) is 37.4 Å². The standard InChI is InChI=1S/C23H25F3N4O6/c1-29(2)28-22(27-11-14-6-16(23(24,25)26)9-17(7-14)30(32)33)19-10-21(36-18-4-5-35-13-18)20(34-3)8-15(19)12-31/h6-10,12,18H,4-5,11,13H2,1-3H3,(H,27,28). The van der Waals surface area contributed by atoms with E-state index in [0.717, 1.165) is 12.1 Å². The maximum atomic E-state index is 13.3. The van der Waals surface area contributed by atoms with E-state index >= 15 is 0 Å². The highest BCUT2D eigenvalue weighted by Gasteiger charge is 2.32. The second kappa shape index (κ2) is 11.4. The van der Waals surface area contributed by atoms with Gasteiger partial charge in [0.2, 0.25) is 0 Å². The number of halogens is 3. The number of nitrogens with zero attached hydrogens (tertiary/aromatic N) is 3. The molecule has 10 nitrogen and oxygen atoms in total. The van der Waals surface area contributed by atoms with Gasteiger partial charge in [-0.2, -0.15) is 13.2 Å². The molecule has 1 aliphatic rings. The molecule has 0 bridgehead atoms. The van der Waals surface area contributed by atoms with Crippen LogP contribution in [0.25, 0.3) is 0 Å². The molecule has 36 heavy (non-hydrogen) atoms. The number of non-ortho nitro benzene ring substituents is 1. The van der Waals surface area contributed by atoms with E-state index < -0.39 is 22.4 Å². The van der Waals surface area contributed by atoms with Gasteiger partial charge in [-0.25, -0.2) is 5.01 Å². The van der Waals surface area contributed by atoms with E-state index in [1.54, 1.807) is 20.2 Å². The minimum Gasteiger partial charge on any atom is -0.493 e. The molecule has 194 valence electrons. The van der Waals surface area contributed by atoms with Gasteiger partial charge >= 0.3 is 6.18 Å². The number of rotatable bonds is 9. The Balaban J connectivity index is 2.06. The van der Waals surface area contributed by atoms with E-state index in [2.05, 4.69) is 10.4 Å². The average molecular weight is 510 g/mol. The smallest absolute Gasteiger partial charge is 0.416 e. The fourth-order valence-corrected chi connectivity index (χ4v) is 3.51. The molecule has 1 unspecified atom stereocenters. The molecule has 0 spiro atoms. The van der Waals surface area contributed by atoms with Crippen molar-refractivity contribution in [3.63, 3.8) is 0 Å². The number of nitro groups is 1. The van der Waals surface area contributed by atoms with Gasteiger partial charge in [0.15, 0.2) is 17.8 Å². The third kappa shape index (κ3) is 6.70. The number of nitro benzene ring substituents is 1. The van der Waals surface area contributed by atoms with Gasteiger partial charge in [-0.05, 0) is 23.8 Å². The number of amidine groups is 1. The second-order valence-electron chi connectivity index (χ2n) is 8.13. The number of aliphatic imine (C=N–C) groups is 1. The van der Waals surface area contributed by atoms with E-state index in [0.29, 0.717) is 49.0 Å². The zero-order valence-corrected chi connectivity index (χ0v) is 19.8. The SMILES string of the molecule is COc1cc(C=O)c(C(=NCc2cc([N+](=O)[O-])cc(C(F)(F)F)c2)NN(C)C)cc1OC1CCOC1. The number of alkyl halides is 3. The summed E-state index contributed by atoms with van der Waals surface area (Å²) in [5, 5.41) is 12.7. The van der Waals surface area contributed by atoms with Crippen molar-refractivity contribution in [2.75, 3.05) is 34.4 Å². The average Bonchev–Trinajstić information content (AvgIpc) is 3.33. The molecule has 1 fully saturated rings. The van der Waals surface area contributed by atoms with Crippen LogP contribution in [0.4, 0.5) is 18.9 Å². The lowest BCUT2D eigenvalue weighted by atomic mass is 10.1. The lowest BCUT2D eigenvalue weighted by Gasteiger charge is -2.20. The summed E-state index contributed by atoms with van der Waals surface area (Å²) in [5.74, 6) is 0.777. The largest absolute Gasteiger partial charge is 0.493 e. The van der Waals surface area contributed by atoms with Crippen LogP contribution < -0.4 is 14.9 Å². The highest BCUT2D eigenvalue weighted by molar-refractivity contribution is 6.05. The van der Waals surface area contributed by atoms with Crippen molar-refractivity contribution in [1.82, 2.24) is 10.4 Å². The molecule has 0 amide bonds. The van der Waals surface area contributed by atoms with Gasteiger partial charge in [0, 0.05) is 43.8 Å². The molecule has 2 aromatic rings. The molecule has 0 radical (unpaired) electrons. The third-order valence-corrected chi connectivity index (χ3v) is 5.16. The number of aldehydes is 1. The van der Waals surface area contributed by atoms with Gasteiger partial charge in [-0.15, -0.1) is 0 Å². The van der Waals surface area contributed by atoms with Crippen LogP contribution in [0, 0.1) is 10.1 Å².